The highest BCUT2D eigenvalue weighted by Gasteiger charge is 2.08. The lowest BCUT2D eigenvalue weighted by Crippen LogP contribution is -2.41. The van der Waals surface area contributed by atoms with Crippen LogP contribution in [0.15, 0.2) is 24.5 Å². The average Bonchev–Trinajstić information content (AvgIpc) is 2.29. The molecule has 0 radical (unpaired) electrons. The van der Waals surface area contributed by atoms with E-state index in [1.165, 1.54) is 5.56 Å². The van der Waals surface area contributed by atoms with Crippen LogP contribution in [0.25, 0.3) is 0 Å². The summed E-state index contributed by atoms with van der Waals surface area (Å²) < 4.78 is 0. The molecule has 1 rings (SSSR count). The average molecular weight is 207 g/mol. The minimum absolute atomic E-state index is 0.0183. The maximum absolute atomic E-state index is 11.2. The van der Waals surface area contributed by atoms with Crippen LogP contribution >= 0.6 is 0 Å². The summed E-state index contributed by atoms with van der Waals surface area (Å²) in [6.45, 7) is 2.64. The van der Waals surface area contributed by atoms with Gasteiger partial charge in [0.15, 0.2) is 0 Å². The van der Waals surface area contributed by atoms with E-state index in [2.05, 4.69) is 15.6 Å². The Morgan fingerprint density at radius 2 is 2.13 bits per heavy atom. The second-order valence-corrected chi connectivity index (χ2v) is 3.40. The Kier molecular flexibility index (Phi) is 4.77. The number of likely N-dealkylation sites (N-methyl/N-ethyl adjacent to an activating group) is 1. The van der Waals surface area contributed by atoms with Crippen LogP contribution in [-0.2, 0) is 11.2 Å². The molecule has 1 atom stereocenters. The van der Waals surface area contributed by atoms with E-state index >= 15 is 0 Å². The van der Waals surface area contributed by atoms with Crippen LogP contribution in [0.2, 0.25) is 0 Å². The third-order valence-electron chi connectivity index (χ3n) is 2.25. The molecular weight excluding hydrogens is 190 g/mol. The van der Waals surface area contributed by atoms with Crippen LogP contribution in [0.4, 0.5) is 0 Å². The molecule has 1 aromatic rings. The summed E-state index contributed by atoms with van der Waals surface area (Å²) in [7, 11) is 1.64. The number of rotatable bonds is 5. The first-order chi connectivity index (χ1) is 7.24. The molecule has 0 aliphatic carbocycles. The fraction of sp³-hybridized carbons (Fsp3) is 0.455. The Bertz CT molecular complexity index is 300. The van der Waals surface area contributed by atoms with Crippen molar-refractivity contribution in [1.29, 1.82) is 0 Å². The number of amides is 1. The van der Waals surface area contributed by atoms with Gasteiger partial charge in [0.2, 0.25) is 5.91 Å². The number of nitrogens with zero attached hydrogens (tertiary/aromatic N) is 1. The maximum Gasteiger partial charge on any atom is 0.236 e. The zero-order valence-corrected chi connectivity index (χ0v) is 9.16. The smallest absolute Gasteiger partial charge is 0.236 e. The van der Waals surface area contributed by atoms with E-state index in [0.717, 1.165) is 13.0 Å². The van der Waals surface area contributed by atoms with Crippen LogP contribution in [0.1, 0.15) is 12.5 Å². The van der Waals surface area contributed by atoms with Crippen molar-refractivity contribution >= 4 is 5.91 Å². The topological polar surface area (TPSA) is 54.0 Å². The fourth-order valence-electron chi connectivity index (χ4n) is 1.29. The van der Waals surface area contributed by atoms with Crippen molar-refractivity contribution in [2.45, 2.75) is 19.4 Å². The summed E-state index contributed by atoms with van der Waals surface area (Å²) in [4.78, 5) is 15.1. The molecule has 4 heteroatoms. The number of carbonyl (C=O) groups excluding carboxylic acids is 1. The van der Waals surface area contributed by atoms with E-state index in [1.54, 1.807) is 19.4 Å². The van der Waals surface area contributed by atoms with Crippen molar-refractivity contribution in [3.05, 3.63) is 30.1 Å². The molecule has 0 aromatic carbocycles. The summed E-state index contributed by atoms with van der Waals surface area (Å²) in [6.07, 6.45) is 4.46. The van der Waals surface area contributed by atoms with Gasteiger partial charge in [-0.15, -0.1) is 0 Å². The van der Waals surface area contributed by atoms with Crippen molar-refractivity contribution in [2.75, 3.05) is 13.6 Å². The van der Waals surface area contributed by atoms with Crippen LogP contribution in [0.3, 0.4) is 0 Å². The summed E-state index contributed by atoms with van der Waals surface area (Å²) in [6, 6.07) is 3.82. The Morgan fingerprint density at radius 3 is 2.73 bits per heavy atom. The van der Waals surface area contributed by atoms with Crippen LogP contribution in [0.5, 0.6) is 0 Å². The van der Waals surface area contributed by atoms with E-state index < -0.39 is 0 Å². The van der Waals surface area contributed by atoms with E-state index in [1.807, 2.05) is 19.1 Å². The molecule has 82 valence electrons. The monoisotopic (exact) mass is 207 g/mol. The maximum atomic E-state index is 11.2. The molecule has 0 saturated carbocycles. The number of carbonyl (C=O) groups is 1. The van der Waals surface area contributed by atoms with Crippen LogP contribution in [0, 0.1) is 0 Å². The van der Waals surface area contributed by atoms with Crippen molar-refractivity contribution in [3.63, 3.8) is 0 Å². The lowest BCUT2D eigenvalue weighted by molar-refractivity contribution is -0.122. The molecule has 2 N–H and O–H groups in total. The van der Waals surface area contributed by atoms with Crippen LogP contribution in [-0.4, -0.2) is 30.5 Å². The fourth-order valence-corrected chi connectivity index (χ4v) is 1.29. The van der Waals surface area contributed by atoms with Gasteiger partial charge in [0.25, 0.3) is 0 Å². The molecule has 4 nitrogen and oxygen atoms in total. The lowest BCUT2D eigenvalue weighted by Gasteiger charge is -2.11. The normalized spacial score (nSPS) is 12.1. The van der Waals surface area contributed by atoms with Gasteiger partial charge in [-0.3, -0.25) is 9.78 Å². The van der Waals surface area contributed by atoms with Gasteiger partial charge >= 0.3 is 0 Å². The Hall–Kier alpha value is -1.42. The zero-order chi connectivity index (χ0) is 11.1. The highest BCUT2D eigenvalue weighted by Crippen LogP contribution is 1.96. The highest BCUT2D eigenvalue weighted by molar-refractivity contribution is 5.80. The van der Waals surface area contributed by atoms with Crippen molar-refractivity contribution < 1.29 is 4.79 Å². The number of pyridine rings is 1. The van der Waals surface area contributed by atoms with Crippen LogP contribution < -0.4 is 10.6 Å². The molecule has 0 spiro atoms. The number of hydrogen-bond donors (Lipinski definition) is 2. The third-order valence-corrected chi connectivity index (χ3v) is 2.25. The minimum atomic E-state index is -0.142. The highest BCUT2D eigenvalue weighted by atomic mass is 16.2. The Labute approximate surface area is 90.1 Å². The van der Waals surface area contributed by atoms with Gasteiger partial charge in [0, 0.05) is 19.4 Å². The first-order valence-corrected chi connectivity index (χ1v) is 5.08. The first-order valence-electron chi connectivity index (χ1n) is 5.08. The molecule has 1 aromatic heterocycles. The second-order valence-electron chi connectivity index (χ2n) is 3.40. The lowest BCUT2D eigenvalue weighted by atomic mass is 10.2. The van der Waals surface area contributed by atoms with Crippen molar-refractivity contribution in [1.82, 2.24) is 15.6 Å². The standard InChI is InChI=1S/C11H17N3O/c1-9(11(15)12-2)14-8-5-10-3-6-13-7-4-10/h3-4,6-7,9,14H,5,8H2,1-2H3,(H,12,15). The van der Waals surface area contributed by atoms with Gasteiger partial charge in [-0.2, -0.15) is 0 Å². The van der Waals surface area contributed by atoms with E-state index in [0.29, 0.717) is 0 Å². The predicted molar refractivity (Wildman–Crippen MR) is 59.5 cm³/mol. The molecule has 15 heavy (non-hydrogen) atoms. The summed E-state index contributed by atoms with van der Waals surface area (Å²) in [5.41, 5.74) is 1.22. The Balaban J connectivity index is 2.25. The summed E-state index contributed by atoms with van der Waals surface area (Å²) >= 11 is 0. The minimum Gasteiger partial charge on any atom is -0.358 e. The molecule has 0 aliphatic heterocycles. The van der Waals surface area contributed by atoms with E-state index in [9.17, 15) is 4.79 Å². The molecule has 1 heterocycles. The van der Waals surface area contributed by atoms with Gasteiger partial charge in [-0.25, -0.2) is 0 Å². The van der Waals surface area contributed by atoms with Crippen molar-refractivity contribution in [3.8, 4) is 0 Å². The zero-order valence-electron chi connectivity index (χ0n) is 9.16. The quantitative estimate of drug-likeness (QED) is 0.732. The van der Waals surface area contributed by atoms with Gasteiger partial charge in [-0.05, 0) is 37.6 Å². The van der Waals surface area contributed by atoms with Gasteiger partial charge in [0.05, 0.1) is 6.04 Å². The summed E-state index contributed by atoms with van der Waals surface area (Å²) in [5, 5.41) is 5.75. The molecule has 0 bridgehead atoms. The number of hydrogen-bond acceptors (Lipinski definition) is 3. The first kappa shape index (κ1) is 11.7. The van der Waals surface area contributed by atoms with Gasteiger partial charge < -0.3 is 10.6 Å². The molecule has 0 saturated heterocycles. The van der Waals surface area contributed by atoms with E-state index in [4.69, 9.17) is 0 Å². The SMILES string of the molecule is CNC(=O)C(C)NCCc1ccncc1. The van der Waals surface area contributed by atoms with Gasteiger partial charge in [0.1, 0.15) is 0 Å². The third kappa shape index (κ3) is 4.08. The van der Waals surface area contributed by atoms with E-state index in [-0.39, 0.29) is 11.9 Å². The molecule has 1 amide bonds. The molecule has 0 fully saturated rings. The van der Waals surface area contributed by atoms with Crippen molar-refractivity contribution in [2.24, 2.45) is 0 Å². The molecule has 0 aliphatic rings. The summed E-state index contributed by atoms with van der Waals surface area (Å²) in [5.74, 6) is 0.0183. The molecular formula is C11H17N3O. The molecule has 1 unspecified atom stereocenters. The van der Waals surface area contributed by atoms with Gasteiger partial charge in [-0.1, -0.05) is 0 Å². The largest absolute Gasteiger partial charge is 0.358 e. The predicted octanol–water partition coefficient (Wildman–Crippen LogP) is 0.348. The number of aromatic nitrogens is 1. The Morgan fingerprint density at radius 1 is 1.47 bits per heavy atom. The second kappa shape index (κ2) is 6.14. The number of nitrogens with one attached hydrogen (secondary N) is 2.